The quantitative estimate of drug-likeness (QED) is 0.613. The summed E-state index contributed by atoms with van der Waals surface area (Å²) in [5.41, 5.74) is 0.801. The van der Waals surface area contributed by atoms with Crippen LogP contribution < -0.4 is 0 Å². The molecule has 23 heavy (non-hydrogen) atoms. The molecule has 6 nitrogen and oxygen atoms in total. The van der Waals surface area contributed by atoms with Gasteiger partial charge in [-0.25, -0.2) is 4.31 Å². The highest BCUT2D eigenvalue weighted by molar-refractivity contribution is 7.76. The Kier molecular flexibility index (Phi) is 4.89. The largest absolute Gasteiger partial charge is 0.760 e. The number of carbonyl (C=O) groups excluding carboxylic acids is 1. The Morgan fingerprint density at radius 1 is 1.43 bits per heavy atom. The highest BCUT2D eigenvalue weighted by Crippen LogP contribution is 2.34. The second-order valence-electron chi connectivity index (χ2n) is 6.03. The van der Waals surface area contributed by atoms with Crippen molar-refractivity contribution in [2.24, 2.45) is 5.92 Å². The van der Waals surface area contributed by atoms with E-state index in [1.54, 1.807) is 17.2 Å². The van der Waals surface area contributed by atoms with E-state index in [0.717, 1.165) is 18.5 Å². The Hall–Kier alpha value is -1.57. The average molecular weight is 334 g/mol. The third-order valence-electron chi connectivity index (χ3n) is 4.69. The highest BCUT2D eigenvalue weighted by atomic mass is 32.2. The van der Waals surface area contributed by atoms with Gasteiger partial charge in [0.25, 0.3) is 0 Å². The fraction of sp³-hybridized carbons (Fsp3) is 0.500. The number of hydrogen-bond acceptors (Lipinski definition) is 4. The molecule has 2 bridgehead atoms. The van der Waals surface area contributed by atoms with Gasteiger partial charge in [0.2, 0.25) is 5.91 Å². The van der Waals surface area contributed by atoms with E-state index in [9.17, 15) is 13.6 Å². The molecule has 1 amide bonds. The van der Waals surface area contributed by atoms with Gasteiger partial charge in [-0.05, 0) is 31.4 Å². The number of nitrogens with zero attached hydrogens (tertiary/aromatic N) is 3. The molecule has 1 aromatic rings. The zero-order valence-electron chi connectivity index (χ0n) is 12.8. The Balaban J connectivity index is 1.92. The predicted octanol–water partition coefficient (Wildman–Crippen LogP) is 1.24. The van der Waals surface area contributed by atoms with E-state index >= 15 is 0 Å². The maximum Gasteiger partial charge on any atom is 0.241 e. The summed E-state index contributed by atoms with van der Waals surface area (Å²) >= 11 is -2.40. The zero-order valence-corrected chi connectivity index (χ0v) is 13.7. The summed E-state index contributed by atoms with van der Waals surface area (Å²) in [7, 11) is 0. The molecular weight excluding hydrogens is 314 g/mol. The van der Waals surface area contributed by atoms with Crippen LogP contribution in [0.15, 0.2) is 37.1 Å². The van der Waals surface area contributed by atoms with Crippen molar-refractivity contribution in [1.82, 2.24) is 14.2 Å². The van der Waals surface area contributed by atoms with Gasteiger partial charge in [0.1, 0.15) is 6.04 Å². The molecule has 7 heteroatoms. The van der Waals surface area contributed by atoms with Gasteiger partial charge in [0.15, 0.2) is 0 Å². The molecule has 1 aromatic heterocycles. The van der Waals surface area contributed by atoms with Crippen LogP contribution in [0.5, 0.6) is 0 Å². The average Bonchev–Trinajstić information content (AvgIpc) is 2.63. The minimum Gasteiger partial charge on any atom is -0.760 e. The number of amides is 1. The number of fused-ring (bicyclic) bond motifs is 2. The molecule has 0 aromatic carbocycles. The van der Waals surface area contributed by atoms with Gasteiger partial charge in [-0.2, -0.15) is 0 Å². The monoisotopic (exact) mass is 334 g/mol. The maximum atomic E-state index is 12.9. The van der Waals surface area contributed by atoms with E-state index in [-0.39, 0.29) is 17.9 Å². The van der Waals surface area contributed by atoms with Crippen LogP contribution in [0.2, 0.25) is 0 Å². The van der Waals surface area contributed by atoms with E-state index < -0.39 is 17.3 Å². The van der Waals surface area contributed by atoms with Crippen LogP contribution in [-0.4, -0.2) is 47.5 Å². The molecule has 4 atom stereocenters. The van der Waals surface area contributed by atoms with Crippen LogP contribution in [0.4, 0.5) is 0 Å². The first-order valence-electron chi connectivity index (χ1n) is 7.80. The van der Waals surface area contributed by atoms with Crippen molar-refractivity contribution in [3.8, 4) is 0 Å². The Morgan fingerprint density at radius 2 is 2.26 bits per heavy atom. The lowest BCUT2D eigenvalue weighted by Crippen LogP contribution is -2.52. The second-order valence-corrected chi connectivity index (χ2v) is 6.89. The smallest absolute Gasteiger partial charge is 0.241 e. The molecule has 0 N–H and O–H groups in total. The highest BCUT2D eigenvalue weighted by Gasteiger charge is 2.44. The molecule has 3 rings (SSSR count). The van der Waals surface area contributed by atoms with Gasteiger partial charge in [0, 0.05) is 36.0 Å². The normalized spacial score (nSPS) is 29.9. The van der Waals surface area contributed by atoms with E-state index in [4.69, 9.17) is 0 Å². The number of piperidine rings is 1. The summed E-state index contributed by atoms with van der Waals surface area (Å²) in [4.78, 5) is 18.9. The topological polar surface area (TPSA) is 76.6 Å². The first kappa shape index (κ1) is 16.3. The third kappa shape index (κ3) is 3.22. The molecule has 2 saturated heterocycles. The van der Waals surface area contributed by atoms with E-state index in [1.165, 1.54) is 4.31 Å². The van der Waals surface area contributed by atoms with Crippen LogP contribution >= 0.6 is 0 Å². The number of hydrogen-bond donors (Lipinski definition) is 0. The number of carbonyl (C=O) groups is 1. The molecule has 0 aliphatic carbocycles. The van der Waals surface area contributed by atoms with Crippen molar-refractivity contribution >= 4 is 17.2 Å². The van der Waals surface area contributed by atoms with E-state index in [1.807, 2.05) is 18.2 Å². The minimum absolute atomic E-state index is 0.0640. The van der Waals surface area contributed by atoms with Crippen LogP contribution in [0, 0.1) is 5.92 Å². The summed E-state index contributed by atoms with van der Waals surface area (Å²) in [6, 6.07) is 4.81. The standard InChI is InChI=1S/C16H21N3O3S/c1-2-12-10-18(11-13-6-3-4-9-17-13)16(20)15-8-5-7-14(12)19(15)23(21)22/h2-4,6,9,12,14-15H,1,5,7-8,10-11H2,(H,21,22)/p-1/t12-,14-,15?/m0/s1. The van der Waals surface area contributed by atoms with Crippen molar-refractivity contribution < 1.29 is 13.6 Å². The van der Waals surface area contributed by atoms with Crippen LogP contribution in [0.1, 0.15) is 25.0 Å². The second kappa shape index (κ2) is 6.90. The van der Waals surface area contributed by atoms with Crippen molar-refractivity contribution in [3.05, 3.63) is 42.7 Å². The summed E-state index contributed by atoms with van der Waals surface area (Å²) in [5, 5.41) is 0. The number of aromatic nitrogens is 1. The first-order valence-corrected chi connectivity index (χ1v) is 8.84. The van der Waals surface area contributed by atoms with E-state index in [0.29, 0.717) is 19.5 Å². The van der Waals surface area contributed by atoms with Crippen molar-refractivity contribution in [1.29, 1.82) is 0 Å². The first-order chi connectivity index (χ1) is 11.1. The maximum absolute atomic E-state index is 12.9. The molecule has 2 aliphatic rings. The molecule has 124 valence electrons. The van der Waals surface area contributed by atoms with Crippen LogP contribution in [0.3, 0.4) is 0 Å². The molecule has 0 radical (unpaired) electrons. The third-order valence-corrected chi connectivity index (χ3v) is 5.56. The minimum atomic E-state index is -2.40. The SMILES string of the molecule is C=C[C@H]1CN(Cc2ccccn2)C(=O)C2CCC[C@@H]1N2S(=O)[O-]. The van der Waals surface area contributed by atoms with Gasteiger partial charge in [-0.1, -0.05) is 12.1 Å². The summed E-state index contributed by atoms with van der Waals surface area (Å²) < 4.78 is 24.8. The molecule has 2 aliphatic heterocycles. The molecule has 2 fully saturated rings. The summed E-state index contributed by atoms with van der Waals surface area (Å²) in [5.74, 6) is -0.195. The van der Waals surface area contributed by atoms with Gasteiger partial charge in [-0.15, -0.1) is 6.58 Å². The van der Waals surface area contributed by atoms with Crippen LogP contribution in [-0.2, 0) is 22.6 Å². The molecule has 2 unspecified atom stereocenters. The van der Waals surface area contributed by atoms with E-state index in [2.05, 4.69) is 11.6 Å². The lowest BCUT2D eigenvalue weighted by Gasteiger charge is -2.41. The predicted molar refractivity (Wildman–Crippen MR) is 85.5 cm³/mol. The van der Waals surface area contributed by atoms with Gasteiger partial charge in [-0.3, -0.25) is 14.0 Å². The lowest BCUT2D eigenvalue weighted by atomic mass is 9.90. The molecule has 3 heterocycles. The van der Waals surface area contributed by atoms with Gasteiger partial charge in [0.05, 0.1) is 12.2 Å². The van der Waals surface area contributed by atoms with Gasteiger partial charge < -0.3 is 9.45 Å². The molecule has 0 saturated carbocycles. The fourth-order valence-corrected chi connectivity index (χ4v) is 4.48. The summed E-state index contributed by atoms with van der Waals surface area (Å²) in [6.07, 6.45) is 5.67. The summed E-state index contributed by atoms with van der Waals surface area (Å²) in [6.45, 7) is 4.73. The van der Waals surface area contributed by atoms with Crippen molar-refractivity contribution in [3.63, 3.8) is 0 Å². The van der Waals surface area contributed by atoms with Crippen LogP contribution in [0.25, 0.3) is 0 Å². The fourth-order valence-electron chi connectivity index (χ4n) is 3.59. The van der Waals surface area contributed by atoms with Gasteiger partial charge >= 0.3 is 0 Å². The molecular formula is C16H20N3O3S-. The zero-order chi connectivity index (χ0) is 16.4. The number of rotatable bonds is 4. The van der Waals surface area contributed by atoms with Crippen molar-refractivity contribution in [2.45, 2.75) is 37.9 Å². The number of pyridine rings is 1. The molecule has 0 spiro atoms. The Bertz CT molecular complexity index is 610. The Morgan fingerprint density at radius 3 is 2.91 bits per heavy atom. The lowest BCUT2D eigenvalue weighted by molar-refractivity contribution is -0.135. The Labute approximate surface area is 138 Å². The van der Waals surface area contributed by atoms with Crippen molar-refractivity contribution in [2.75, 3.05) is 6.54 Å².